The fraction of sp³-hybridized carbons (Fsp3) is 0.391. The highest BCUT2D eigenvalue weighted by Gasteiger charge is 2.28. The van der Waals surface area contributed by atoms with Gasteiger partial charge in [-0.25, -0.2) is 8.42 Å². The van der Waals surface area contributed by atoms with Crippen LogP contribution in [0.15, 0.2) is 53.4 Å². The Morgan fingerprint density at radius 3 is 2.28 bits per heavy atom. The highest BCUT2D eigenvalue weighted by molar-refractivity contribution is 7.89. The van der Waals surface area contributed by atoms with E-state index in [2.05, 4.69) is 10.6 Å². The van der Waals surface area contributed by atoms with E-state index in [1.165, 1.54) is 16.4 Å². The number of carbonyl (C=O) groups excluding carboxylic acids is 2. The molecule has 1 saturated heterocycles. The van der Waals surface area contributed by atoms with Crippen LogP contribution < -0.4 is 10.6 Å². The zero-order valence-electron chi connectivity index (χ0n) is 18.2. The van der Waals surface area contributed by atoms with E-state index in [0.29, 0.717) is 29.4 Å². The molecule has 2 N–H and O–H groups in total. The minimum absolute atomic E-state index is 0.142. The summed E-state index contributed by atoms with van der Waals surface area (Å²) < 4.78 is 27.4. The molecule has 0 unspecified atom stereocenters. The van der Waals surface area contributed by atoms with E-state index in [4.69, 9.17) is 11.6 Å². The molecule has 0 spiro atoms. The van der Waals surface area contributed by atoms with Gasteiger partial charge in [-0.05, 0) is 61.2 Å². The van der Waals surface area contributed by atoms with Gasteiger partial charge in [-0.15, -0.1) is 0 Å². The van der Waals surface area contributed by atoms with Crippen LogP contribution in [-0.2, 0) is 14.8 Å². The van der Waals surface area contributed by atoms with E-state index in [1.807, 2.05) is 13.8 Å². The van der Waals surface area contributed by atoms with E-state index < -0.39 is 27.9 Å². The Kier molecular flexibility index (Phi) is 7.92. The third-order valence-electron chi connectivity index (χ3n) is 5.40. The maximum Gasteiger partial charge on any atom is 0.251 e. The Bertz CT molecular complexity index is 1060. The van der Waals surface area contributed by atoms with Crippen molar-refractivity contribution in [2.24, 2.45) is 5.92 Å². The van der Waals surface area contributed by atoms with Crippen molar-refractivity contribution in [1.29, 1.82) is 0 Å². The first-order chi connectivity index (χ1) is 15.2. The van der Waals surface area contributed by atoms with Crippen LogP contribution in [-0.4, -0.2) is 43.7 Å². The van der Waals surface area contributed by atoms with E-state index >= 15 is 0 Å². The average Bonchev–Trinajstić information content (AvgIpc) is 2.78. The number of hydrogen-bond donors (Lipinski definition) is 2. The highest BCUT2D eigenvalue weighted by Crippen LogP contribution is 2.23. The molecule has 0 bridgehead atoms. The van der Waals surface area contributed by atoms with Gasteiger partial charge >= 0.3 is 0 Å². The normalized spacial score (nSPS) is 15.9. The van der Waals surface area contributed by atoms with Gasteiger partial charge in [0.05, 0.1) is 4.90 Å². The molecule has 172 valence electrons. The molecule has 32 heavy (non-hydrogen) atoms. The first-order valence-corrected chi connectivity index (χ1v) is 12.5. The van der Waals surface area contributed by atoms with Crippen molar-refractivity contribution >= 4 is 39.1 Å². The van der Waals surface area contributed by atoms with Gasteiger partial charge in [-0.3, -0.25) is 9.59 Å². The van der Waals surface area contributed by atoms with Gasteiger partial charge in [-0.1, -0.05) is 37.9 Å². The summed E-state index contributed by atoms with van der Waals surface area (Å²) in [6.45, 7) is 4.66. The number of benzene rings is 2. The van der Waals surface area contributed by atoms with Crippen molar-refractivity contribution < 1.29 is 18.0 Å². The molecule has 3 rings (SSSR count). The SMILES string of the molecule is CC(C)[C@@H](NC(=O)c1ccc(Cl)cc1)C(=O)Nc1cccc(S(=O)(=O)N2CCCCC2)c1. The van der Waals surface area contributed by atoms with Crippen LogP contribution in [0.5, 0.6) is 0 Å². The molecule has 1 heterocycles. The van der Waals surface area contributed by atoms with Gasteiger partial charge in [0.1, 0.15) is 6.04 Å². The van der Waals surface area contributed by atoms with Crippen LogP contribution in [0.2, 0.25) is 5.02 Å². The number of piperidine rings is 1. The van der Waals surface area contributed by atoms with Crippen LogP contribution in [0.3, 0.4) is 0 Å². The number of nitrogens with zero attached hydrogens (tertiary/aromatic N) is 1. The maximum absolute atomic E-state index is 12.9. The molecule has 0 radical (unpaired) electrons. The van der Waals surface area contributed by atoms with Crippen LogP contribution in [0, 0.1) is 5.92 Å². The van der Waals surface area contributed by atoms with Crippen molar-refractivity contribution in [3.05, 3.63) is 59.1 Å². The third kappa shape index (κ3) is 5.88. The molecule has 1 aliphatic rings. The number of halogens is 1. The standard InChI is InChI=1S/C23H28ClN3O4S/c1-16(2)21(26-22(28)17-9-11-18(24)12-10-17)23(29)25-19-7-6-8-20(15-19)32(30,31)27-13-4-3-5-14-27/h6-12,15-16,21H,3-5,13-14H2,1-2H3,(H,25,29)(H,26,28)/t21-/m1/s1. The summed E-state index contributed by atoms with van der Waals surface area (Å²) >= 11 is 5.87. The fourth-order valence-corrected chi connectivity index (χ4v) is 5.26. The van der Waals surface area contributed by atoms with E-state index in [0.717, 1.165) is 19.3 Å². The Morgan fingerprint density at radius 1 is 1.00 bits per heavy atom. The quantitative estimate of drug-likeness (QED) is 0.632. The first-order valence-electron chi connectivity index (χ1n) is 10.7. The molecule has 1 fully saturated rings. The maximum atomic E-state index is 12.9. The predicted octanol–water partition coefficient (Wildman–Crippen LogP) is 3.91. The number of carbonyl (C=O) groups is 2. The molecule has 0 saturated carbocycles. The molecular weight excluding hydrogens is 450 g/mol. The summed E-state index contributed by atoms with van der Waals surface area (Å²) in [6.07, 6.45) is 2.72. The summed E-state index contributed by atoms with van der Waals surface area (Å²) in [5, 5.41) is 6.01. The number of hydrogen-bond acceptors (Lipinski definition) is 4. The molecule has 1 aliphatic heterocycles. The molecule has 2 amide bonds. The number of anilines is 1. The van der Waals surface area contributed by atoms with Crippen LogP contribution >= 0.6 is 11.6 Å². The average molecular weight is 478 g/mol. The van der Waals surface area contributed by atoms with Crippen LogP contribution in [0.25, 0.3) is 0 Å². The van der Waals surface area contributed by atoms with Crippen molar-refractivity contribution in [2.75, 3.05) is 18.4 Å². The molecule has 1 atom stereocenters. The van der Waals surface area contributed by atoms with Crippen molar-refractivity contribution in [3.8, 4) is 0 Å². The molecule has 7 nitrogen and oxygen atoms in total. The monoisotopic (exact) mass is 477 g/mol. The number of sulfonamides is 1. The van der Waals surface area contributed by atoms with E-state index in [1.54, 1.807) is 36.4 Å². The summed E-state index contributed by atoms with van der Waals surface area (Å²) in [5.74, 6) is -1.00. The zero-order chi connectivity index (χ0) is 23.3. The largest absolute Gasteiger partial charge is 0.340 e. The molecule has 2 aromatic carbocycles. The Labute approximate surface area is 194 Å². The number of rotatable bonds is 7. The smallest absolute Gasteiger partial charge is 0.251 e. The second-order valence-corrected chi connectivity index (χ2v) is 10.6. The predicted molar refractivity (Wildman–Crippen MR) is 125 cm³/mol. The second-order valence-electron chi connectivity index (χ2n) is 8.18. The van der Waals surface area contributed by atoms with Crippen LogP contribution in [0.1, 0.15) is 43.5 Å². The summed E-state index contributed by atoms with van der Waals surface area (Å²) in [4.78, 5) is 25.6. The van der Waals surface area contributed by atoms with Crippen molar-refractivity contribution in [1.82, 2.24) is 9.62 Å². The topological polar surface area (TPSA) is 95.6 Å². The molecule has 0 aromatic heterocycles. The third-order valence-corrected chi connectivity index (χ3v) is 7.54. The van der Waals surface area contributed by atoms with Gasteiger partial charge in [0.15, 0.2) is 0 Å². The molecule has 0 aliphatic carbocycles. The lowest BCUT2D eigenvalue weighted by atomic mass is 10.0. The Morgan fingerprint density at radius 2 is 1.66 bits per heavy atom. The lowest BCUT2D eigenvalue weighted by Crippen LogP contribution is -2.47. The first kappa shape index (κ1) is 24.2. The fourth-order valence-electron chi connectivity index (χ4n) is 3.57. The van der Waals surface area contributed by atoms with Gasteiger partial charge in [-0.2, -0.15) is 4.31 Å². The summed E-state index contributed by atoms with van der Waals surface area (Å²) in [5.41, 5.74) is 0.752. The summed E-state index contributed by atoms with van der Waals surface area (Å²) in [7, 11) is -3.61. The second kappa shape index (κ2) is 10.5. The van der Waals surface area contributed by atoms with Gasteiger partial charge in [0.2, 0.25) is 15.9 Å². The van der Waals surface area contributed by atoms with Crippen molar-refractivity contribution in [2.45, 2.75) is 44.0 Å². The number of amides is 2. The lowest BCUT2D eigenvalue weighted by molar-refractivity contribution is -0.118. The minimum atomic E-state index is -3.61. The lowest BCUT2D eigenvalue weighted by Gasteiger charge is -2.26. The summed E-state index contributed by atoms with van der Waals surface area (Å²) in [6, 6.07) is 11.8. The van der Waals surface area contributed by atoms with E-state index in [9.17, 15) is 18.0 Å². The van der Waals surface area contributed by atoms with Gasteiger partial charge in [0, 0.05) is 29.4 Å². The molecule has 9 heteroatoms. The Balaban J connectivity index is 1.73. The molecule has 2 aromatic rings. The number of nitrogens with one attached hydrogen (secondary N) is 2. The van der Waals surface area contributed by atoms with Gasteiger partial charge < -0.3 is 10.6 Å². The van der Waals surface area contributed by atoms with E-state index in [-0.39, 0.29) is 10.8 Å². The van der Waals surface area contributed by atoms with Crippen molar-refractivity contribution in [3.63, 3.8) is 0 Å². The highest BCUT2D eigenvalue weighted by atomic mass is 35.5. The zero-order valence-corrected chi connectivity index (χ0v) is 19.7. The van der Waals surface area contributed by atoms with Crippen LogP contribution in [0.4, 0.5) is 5.69 Å². The minimum Gasteiger partial charge on any atom is -0.340 e. The molecular formula is C23H28ClN3O4S. The van der Waals surface area contributed by atoms with Gasteiger partial charge in [0.25, 0.3) is 5.91 Å². The Hall–Kier alpha value is -2.42.